The molecule has 0 radical (unpaired) electrons. The number of aromatic nitrogens is 3. The van der Waals surface area contributed by atoms with Gasteiger partial charge in [0.25, 0.3) is 0 Å². The van der Waals surface area contributed by atoms with Crippen LogP contribution in [0, 0.1) is 0 Å². The van der Waals surface area contributed by atoms with Crippen molar-refractivity contribution >= 4 is 40.0 Å². The van der Waals surface area contributed by atoms with E-state index in [9.17, 15) is 9.59 Å². The molecular weight excluding hydrogens is 560 g/mol. The van der Waals surface area contributed by atoms with Gasteiger partial charge >= 0.3 is 12.1 Å². The highest BCUT2D eigenvalue weighted by molar-refractivity contribution is 6.08. The first kappa shape index (κ1) is 29.9. The largest absolute Gasteiger partial charge is 0.492 e. The van der Waals surface area contributed by atoms with E-state index in [1.165, 1.54) is 14.2 Å². The molecule has 0 aliphatic carbocycles. The van der Waals surface area contributed by atoms with Crippen LogP contribution in [0.15, 0.2) is 79.4 Å². The number of hydrogen-bond acceptors (Lipinski definition) is 7. The van der Waals surface area contributed by atoms with Gasteiger partial charge in [-0.3, -0.25) is 10.3 Å². The Morgan fingerprint density at radius 1 is 0.864 bits per heavy atom. The Hall–Kier alpha value is -5.58. The zero-order valence-electron chi connectivity index (χ0n) is 25.4. The van der Waals surface area contributed by atoms with Crippen molar-refractivity contribution in [2.75, 3.05) is 30.2 Å². The Morgan fingerprint density at radius 2 is 1.57 bits per heavy atom. The molecule has 0 bridgehead atoms. The third-order valence-electron chi connectivity index (χ3n) is 7.00. The van der Waals surface area contributed by atoms with Gasteiger partial charge in [0, 0.05) is 30.1 Å². The number of aryl methyl sites for hydroxylation is 1. The molecule has 0 spiro atoms. The molecule has 44 heavy (non-hydrogen) atoms. The van der Waals surface area contributed by atoms with Gasteiger partial charge in [-0.15, -0.1) is 0 Å². The van der Waals surface area contributed by atoms with E-state index >= 15 is 0 Å². The molecule has 0 aliphatic rings. The van der Waals surface area contributed by atoms with E-state index < -0.39 is 12.1 Å². The highest BCUT2D eigenvalue weighted by Gasteiger charge is 2.22. The summed E-state index contributed by atoms with van der Waals surface area (Å²) in [6, 6.07) is 18.0. The highest BCUT2D eigenvalue weighted by atomic mass is 16.5. The summed E-state index contributed by atoms with van der Waals surface area (Å²) in [6.45, 7) is 6.09. The number of rotatable bonds is 7. The summed E-state index contributed by atoms with van der Waals surface area (Å²) < 4.78 is 18.5. The molecule has 2 aromatic heterocycles. The van der Waals surface area contributed by atoms with Gasteiger partial charge in [-0.1, -0.05) is 45.0 Å². The fraction of sp³-hybridized carbons (Fsp3) is 0.212. The predicted molar refractivity (Wildman–Crippen MR) is 171 cm³/mol. The van der Waals surface area contributed by atoms with Crippen LogP contribution in [0.5, 0.6) is 17.2 Å². The molecular formula is C33H34N6O5. The molecule has 0 saturated carbocycles. The summed E-state index contributed by atoms with van der Waals surface area (Å²) in [6.07, 6.45) is 4.50. The molecule has 11 heteroatoms. The van der Waals surface area contributed by atoms with E-state index in [0.717, 1.165) is 27.7 Å². The highest BCUT2D eigenvalue weighted by Crippen LogP contribution is 2.39. The topological polar surface area (TPSA) is 129 Å². The van der Waals surface area contributed by atoms with Crippen LogP contribution >= 0.6 is 0 Å². The molecule has 3 amide bonds. The third-order valence-corrected chi connectivity index (χ3v) is 7.00. The lowest BCUT2D eigenvalue weighted by molar-refractivity contribution is 0.187. The number of amides is 3. The number of imidazole rings is 1. The van der Waals surface area contributed by atoms with E-state index in [0.29, 0.717) is 28.6 Å². The number of ether oxygens (including phenoxy) is 3. The maximum Gasteiger partial charge on any atom is 0.411 e. The molecule has 3 N–H and O–H groups in total. The first-order valence-corrected chi connectivity index (χ1v) is 13.8. The van der Waals surface area contributed by atoms with Crippen molar-refractivity contribution in [3.63, 3.8) is 0 Å². The number of nitrogens with one attached hydrogen (secondary N) is 3. The summed E-state index contributed by atoms with van der Waals surface area (Å²) >= 11 is 0. The molecule has 226 valence electrons. The van der Waals surface area contributed by atoms with Crippen LogP contribution in [-0.4, -0.2) is 40.9 Å². The molecule has 11 nitrogen and oxygen atoms in total. The molecule has 5 aromatic rings. The Balaban J connectivity index is 1.42. The lowest BCUT2D eigenvalue weighted by atomic mass is 9.86. The van der Waals surface area contributed by atoms with Crippen molar-refractivity contribution in [2.24, 2.45) is 7.05 Å². The zero-order chi connectivity index (χ0) is 31.4. The van der Waals surface area contributed by atoms with Gasteiger partial charge in [0.1, 0.15) is 11.5 Å². The number of nitrogens with zero attached hydrogens (tertiary/aromatic N) is 3. The van der Waals surface area contributed by atoms with Crippen molar-refractivity contribution in [2.45, 2.75) is 26.2 Å². The van der Waals surface area contributed by atoms with Crippen molar-refractivity contribution in [1.82, 2.24) is 14.5 Å². The molecule has 0 aliphatic heterocycles. The third kappa shape index (κ3) is 6.41. The van der Waals surface area contributed by atoms with E-state index in [-0.39, 0.29) is 11.2 Å². The van der Waals surface area contributed by atoms with E-state index in [2.05, 4.69) is 25.9 Å². The lowest BCUT2D eigenvalue weighted by Crippen LogP contribution is -2.22. The average Bonchev–Trinajstić information content (AvgIpc) is 3.43. The van der Waals surface area contributed by atoms with Crippen LogP contribution < -0.4 is 25.4 Å². The Labute approximate surface area is 255 Å². The Morgan fingerprint density at radius 3 is 2.23 bits per heavy atom. The summed E-state index contributed by atoms with van der Waals surface area (Å²) in [5, 5.41) is 10.1. The standard InChI is InChI=1S/C33H34N6O5/c1-33(2,3)20-15-26(30(42-5)27(16-20)38-32(41)43-6)37-31(40)36-24-11-12-29(23-10-8-7-9-22(23)24)44-21-13-14-35-25(17-21)28-18-34-19-39(28)4/h7-19H,1-6H3,(H,38,41)(H2,36,37,40). The number of anilines is 3. The number of fused-ring (bicyclic) bond motifs is 1. The number of carbonyl (C=O) groups is 2. The van der Waals surface area contributed by atoms with Gasteiger partial charge in [-0.05, 0) is 41.3 Å². The van der Waals surface area contributed by atoms with Crippen molar-refractivity contribution in [3.05, 3.63) is 84.9 Å². The second-order valence-corrected chi connectivity index (χ2v) is 11.1. The number of carbonyl (C=O) groups excluding carboxylic acids is 2. The van der Waals surface area contributed by atoms with Crippen LogP contribution in [0.3, 0.4) is 0 Å². The molecule has 0 saturated heterocycles. The normalized spacial score (nSPS) is 11.1. The van der Waals surface area contributed by atoms with Crippen LogP contribution in [-0.2, 0) is 17.2 Å². The smallest absolute Gasteiger partial charge is 0.411 e. The van der Waals surface area contributed by atoms with Gasteiger partial charge in [0.15, 0.2) is 5.75 Å². The van der Waals surface area contributed by atoms with Crippen molar-refractivity contribution in [1.29, 1.82) is 0 Å². The molecule has 2 heterocycles. The maximum absolute atomic E-state index is 13.4. The van der Waals surface area contributed by atoms with Gasteiger partial charge in [0.05, 0.1) is 55.2 Å². The first-order valence-electron chi connectivity index (χ1n) is 13.8. The van der Waals surface area contributed by atoms with Crippen LogP contribution in [0.25, 0.3) is 22.2 Å². The van der Waals surface area contributed by atoms with Gasteiger partial charge in [-0.25, -0.2) is 14.6 Å². The summed E-state index contributed by atoms with van der Waals surface area (Å²) in [5.74, 6) is 1.52. The minimum absolute atomic E-state index is 0.287. The lowest BCUT2D eigenvalue weighted by Gasteiger charge is -2.24. The van der Waals surface area contributed by atoms with Crippen molar-refractivity contribution in [3.8, 4) is 28.6 Å². The van der Waals surface area contributed by atoms with Gasteiger partial charge in [0.2, 0.25) is 0 Å². The van der Waals surface area contributed by atoms with E-state index in [1.54, 1.807) is 43.0 Å². The van der Waals surface area contributed by atoms with Crippen LogP contribution in [0.4, 0.5) is 26.7 Å². The fourth-order valence-corrected chi connectivity index (χ4v) is 4.72. The summed E-state index contributed by atoms with van der Waals surface area (Å²) in [5.41, 5.74) is 3.52. The van der Waals surface area contributed by atoms with Crippen LogP contribution in [0.2, 0.25) is 0 Å². The van der Waals surface area contributed by atoms with Crippen LogP contribution in [0.1, 0.15) is 26.3 Å². The number of urea groups is 1. The summed E-state index contributed by atoms with van der Waals surface area (Å²) in [4.78, 5) is 34.0. The second-order valence-electron chi connectivity index (χ2n) is 11.1. The zero-order valence-corrected chi connectivity index (χ0v) is 25.4. The minimum Gasteiger partial charge on any atom is -0.492 e. The van der Waals surface area contributed by atoms with Gasteiger partial charge < -0.3 is 29.4 Å². The molecule has 0 unspecified atom stereocenters. The first-order chi connectivity index (χ1) is 21.1. The maximum atomic E-state index is 13.4. The minimum atomic E-state index is -0.654. The molecule has 5 rings (SSSR count). The Kier molecular flexibility index (Phi) is 8.38. The van der Waals surface area contributed by atoms with E-state index in [1.807, 2.05) is 68.8 Å². The monoisotopic (exact) mass is 594 g/mol. The Bertz CT molecular complexity index is 1840. The van der Waals surface area contributed by atoms with E-state index in [4.69, 9.17) is 14.2 Å². The van der Waals surface area contributed by atoms with Crippen molar-refractivity contribution < 1.29 is 23.8 Å². The quantitative estimate of drug-likeness (QED) is 0.177. The number of pyridine rings is 1. The number of methoxy groups -OCH3 is 2. The predicted octanol–water partition coefficient (Wildman–Crippen LogP) is 7.56. The summed E-state index contributed by atoms with van der Waals surface area (Å²) in [7, 11) is 4.65. The molecule has 0 fully saturated rings. The molecule has 3 aromatic carbocycles. The second kappa shape index (κ2) is 12.3. The number of hydrogen-bond donors (Lipinski definition) is 3. The fourth-order valence-electron chi connectivity index (χ4n) is 4.72. The SMILES string of the molecule is COC(=O)Nc1cc(C(C)(C)C)cc(NC(=O)Nc2ccc(Oc3ccnc(-c4cncn4C)c3)c3ccccc23)c1OC. The average molecular weight is 595 g/mol. The van der Waals surface area contributed by atoms with Gasteiger partial charge in [-0.2, -0.15) is 0 Å². The molecule has 0 atom stereocenters. The number of benzene rings is 3.